The van der Waals surface area contributed by atoms with Crippen LogP contribution in [0.3, 0.4) is 0 Å². The van der Waals surface area contributed by atoms with Crippen molar-refractivity contribution in [1.82, 2.24) is 0 Å². The Balaban J connectivity index is 1.35. The minimum atomic E-state index is -2.43. The second kappa shape index (κ2) is 9.54. The van der Waals surface area contributed by atoms with Gasteiger partial charge in [-0.2, -0.15) is 0 Å². The number of benzene rings is 2. The number of ketones is 1. The minimum Gasteiger partial charge on any atom is -0.455 e. The molecular weight excluding hydrogens is 592 g/mol. The number of esters is 1. The summed E-state index contributed by atoms with van der Waals surface area (Å²) in [7, 11) is 0. The second-order valence-corrected chi connectivity index (χ2v) is 13.5. The van der Waals surface area contributed by atoms with E-state index in [-0.39, 0.29) is 5.57 Å². The van der Waals surface area contributed by atoms with Gasteiger partial charge in [0.25, 0.3) is 0 Å². The molecule has 10 nitrogen and oxygen atoms in total. The topological polar surface area (TPSA) is 144 Å². The molecule has 8 rings (SSSR count). The summed E-state index contributed by atoms with van der Waals surface area (Å²) in [6.45, 7) is 8.80. The minimum absolute atomic E-state index is 0.229. The Hall–Kier alpha value is -3.48. The van der Waals surface area contributed by atoms with Gasteiger partial charge in [-0.15, -0.1) is 0 Å². The van der Waals surface area contributed by atoms with Crippen molar-refractivity contribution in [1.29, 1.82) is 0 Å². The molecule has 3 bridgehead atoms. The van der Waals surface area contributed by atoms with Crippen LogP contribution in [-0.2, 0) is 39.2 Å². The normalized spacial score (nSPS) is 46.3. The number of ether oxygens (including phenoxy) is 5. The molecule has 3 aliphatic heterocycles. The standard InChI is InChI=1S/C36H36O10/c1-19(2)34-28(42-25(38)16-15-22-11-7-5-8-12-22)21(4)35-24-17-20(3)27(39)33(24,41)31(40)32(18-37)29(43-32)26(35)30(34)44-36(45-34,46-35)23-13-9-6-10-14-23/h5-17,21,24,26,28-31,37,40-41H,1,18H2,2-4H3/b16-15+/t21-,24-,26+,28-,29+,30-,31-,32+,33-,34+,35+,36?/m1/s1. The van der Waals surface area contributed by atoms with E-state index in [1.54, 1.807) is 50.3 Å². The van der Waals surface area contributed by atoms with Crippen LogP contribution in [0.15, 0.2) is 90.5 Å². The number of Topliss-reactive ketones (excluding diaryl/α,β-unsaturated/α-hetero) is 1. The zero-order valence-electron chi connectivity index (χ0n) is 25.7. The van der Waals surface area contributed by atoms with Gasteiger partial charge < -0.3 is 39.0 Å². The number of hydrogen-bond donors (Lipinski definition) is 3. The van der Waals surface area contributed by atoms with Crippen LogP contribution in [-0.4, -0.2) is 80.5 Å². The highest BCUT2D eigenvalue weighted by Gasteiger charge is 2.90. The van der Waals surface area contributed by atoms with E-state index in [0.29, 0.717) is 11.1 Å². The molecule has 12 atom stereocenters. The van der Waals surface area contributed by atoms with Crippen LogP contribution < -0.4 is 0 Å². The molecule has 2 saturated carbocycles. The molecule has 46 heavy (non-hydrogen) atoms. The van der Waals surface area contributed by atoms with Gasteiger partial charge in [-0.1, -0.05) is 80.2 Å². The Kier molecular flexibility index (Phi) is 6.20. The molecule has 0 spiro atoms. The van der Waals surface area contributed by atoms with Gasteiger partial charge in [-0.3, -0.25) is 4.79 Å². The Morgan fingerprint density at radius 3 is 2.37 bits per heavy atom. The van der Waals surface area contributed by atoms with Gasteiger partial charge in [0.2, 0.25) is 0 Å². The molecule has 2 aromatic carbocycles. The first-order chi connectivity index (χ1) is 21.9. The highest BCUT2D eigenvalue weighted by Crippen LogP contribution is 2.74. The molecule has 3 aliphatic carbocycles. The molecule has 0 aromatic heterocycles. The predicted molar refractivity (Wildman–Crippen MR) is 161 cm³/mol. The molecule has 5 fully saturated rings. The zero-order valence-corrected chi connectivity index (χ0v) is 25.7. The molecule has 0 amide bonds. The molecule has 0 radical (unpaired) electrons. The summed E-state index contributed by atoms with van der Waals surface area (Å²) in [5.74, 6) is -5.94. The van der Waals surface area contributed by atoms with Gasteiger partial charge in [0.15, 0.2) is 17.0 Å². The third kappa shape index (κ3) is 3.40. The Morgan fingerprint density at radius 1 is 1.04 bits per heavy atom. The first kappa shape index (κ1) is 29.9. The van der Waals surface area contributed by atoms with E-state index in [4.69, 9.17) is 23.7 Å². The molecule has 240 valence electrons. The third-order valence-corrected chi connectivity index (χ3v) is 11.3. The van der Waals surface area contributed by atoms with Crippen LogP contribution >= 0.6 is 0 Å². The van der Waals surface area contributed by atoms with Crippen molar-refractivity contribution < 1.29 is 48.6 Å². The lowest BCUT2D eigenvalue weighted by molar-refractivity contribution is -0.440. The first-order valence-electron chi connectivity index (χ1n) is 15.6. The number of carbonyl (C=O) groups excluding carboxylic acids is 2. The maximum Gasteiger partial charge on any atom is 0.331 e. The number of aliphatic hydroxyl groups is 3. The molecular formula is C36H36O10. The SMILES string of the molecule is C=C(C)[C@@]12OC3(c4ccccc4)O[C@@H]1[C@@H]1[C@@H]4O[C@]4(CO)[C@@H](O)[C@]4(O)C(=O)C(C)=C[C@H]4[C@@]1(O3)[C@H](C)[C@H]2OC(=O)/C=C/c1ccccc1. The van der Waals surface area contributed by atoms with Crippen LogP contribution in [0.1, 0.15) is 31.9 Å². The lowest BCUT2D eigenvalue weighted by Crippen LogP contribution is -2.76. The molecule has 6 aliphatic rings. The van der Waals surface area contributed by atoms with Crippen molar-refractivity contribution in [2.75, 3.05) is 6.61 Å². The van der Waals surface area contributed by atoms with Crippen molar-refractivity contribution >= 4 is 17.8 Å². The summed E-state index contributed by atoms with van der Waals surface area (Å²) in [6, 6.07) is 18.3. The van der Waals surface area contributed by atoms with Gasteiger partial charge in [0, 0.05) is 29.4 Å². The predicted octanol–water partition coefficient (Wildman–Crippen LogP) is 2.57. The van der Waals surface area contributed by atoms with E-state index in [1.807, 2.05) is 43.3 Å². The molecule has 3 heterocycles. The molecule has 1 unspecified atom stereocenters. The summed E-state index contributed by atoms with van der Waals surface area (Å²) < 4.78 is 33.3. The molecule has 10 heteroatoms. The fraction of sp³-hybridized carbons (Fsp3) is 0.444. The molecule has 2 aromatic rings. The summed E-state index contributed by atoms with van der Waals surface area (Å²) in [5.41, 5.74) is -5.12. The smallest absolute Gasteiger partial charge is 0.331 e. The van der Waals surface area contributed by atoms with Crippen LogP contribution in [0.2, 0.25) is 0 Å². The number of aliphatic hydroxyl groups excluding tert-OH is 2. The van der Waals surface area contributed by atoms with E-state index in [2.05, 4.69) is 6.58 Å². The number of carbonyl (C=O) groups is 2. The second-order valence-electron chi connectivity index (χ2n) is 13.5. The Labute approximate surface area is 265 Å². The largest absolute Gasteiger partial charge is 0.455 e. The first-order valence-corrected chi connectivity index (χ1v) is 15.6. The van der Waals surface area contributed by atoms with Crippen molar-refractivity contribution in [2.24, 2.45) is 17.8 Å². The number of fused-ring (bicyclic) bond motifs is 3. The quantitative estimate of drug-likeness (QED) is 0.189. The van der Waals surface area contributed by atoms with E-state index < -0.39 is 88.9 Å². The van der Waals surface area contributed by atoms with Gasteiger partial charge >= 0.3 is 11.9 Å². The Bertz CT molecular complexity index is 1710. The number of epoxide rings is 1. The maximum atomic E-state index is 13.8. The van der Waals surface area contributed by atoms with E-state index in [0.717, 1.165) is 5.56 Å². The highest BCUT2D eigenvalue weighted by atomic mass is 16.9. The molecule has 3 saturated heterocycles. The summed E-state index contributed by atoms with van der Waals surface area (Å²) in [6.07, 6.45) is -0.138. The summed E-state index contributed by atoms with van der Waals surface area (Å²) >= 11 is 0. The van der Waals surface area contributed by atoms with Gasteiger partial charge in [0.1, 0.15) is 30.0 Å². The van der Waals surface area contributed by atoms with Crippen molar-refractivity contribution in [3.05, 3.63) is 102 Å². The number of rotatable bonds is 6. The fourth-order valence-corrected chi connectivity index (χ4v) is 9.20. The third-order valence-electron chi connectivity index (χ3n) is 11.3. The van der Waals surface area contributed by atoms with Crippen molar-refractivity contribution in [2.45, 2.75) is 73.6 Å². The van der Waals surface area contributed by atoms with Gasteiger partial charge in [0.05, 0.1) is 12.2 Å². The Morgan fingerprint density at radius 2 is 1.72 bits per heavy atom. The summed E-state index contributed by atoms with van der Waals surface area (Å²) in [4.78, 5) is 27.4. The average molecular weight is 629 g/mol. The maximum absolute atomic E-state index is 13.8. The van der Waals surface area contributed by atoms with E-state index >= 15 is 0 Å². The monoisotopic (exact) mass is 628 g/mol. The van der Waals surface area contributed by atoms with Gasteiger partial charge in [-0.05, 0) is 36.6 Å². The highest BCUT2D eigenvalue weighted by molar-refractivity contribution is 6.05. The average Bonchev–Trinajstić information content (AvgIpc) is 3.68. The van der Waals surface area contributed by atoms with Crippen LogP contribution in [0.25, 0.3) is 6.08 Å². The van der Waals surface area contributed by atoms with Crippen LogP contribution in [0, 0.1) is 17.8 Å². The van der Waals surface area contributed by atoms with Crippen LogP contribution in [0.4, 0.5) is 0 Å². The van der Waals surface area contributed by atoms with Crippen LogP contribution in [0.5, 0.6) is 0 Å². The van der Waals surface area contributed by atoms with Crippen molar-refractivity contribution in [3.63, 3.8) is 0 Å². The zero-order chi connectivity index (χ0) is 32.4. The summed E-state index contributed by atoms with van der Waals surface area (Å²) in [5, 5.41) is 34.9. The molecule has 3 N–H and O–H groups in total. The lowest BCUT2D eigenvalue weighted by Gasteiger charge is -2.61. The fourth-order valence-electron chi connectivity index (χ4n) is 9.20. The van der Waals surface area contributed by atoms with Crippen molar-refractivity contribution in [3.8, 4) is 0 Å². The lowest BCUT2D eigenvalue weighted by atomic mass is 9.53. The number of hydrogen-bond acceptors (Lipinski definition) is 10. The van der Waals surface area contributed by atoms with E-state index in [1.165, 1.54) is 6.08 Å². The van der Waals surface area contributed by atoms with E-state index in [9.17, 15) is 24.9 Å². The van der Waals surface area contributed by atoms with Gasteiger partial charge in [-0.25, -0.2) is 4.79 Å².